The van der Waals surface area contributed by atoms with Crippen LogP contribution >= 0.6 is 0 Å². The molecule has 0 atom stereocenters. The Balaban J connectivity index is 2.01. The van der Waals surface area contributed by atoms with E-state index in [0.29, 0.717) is 0 Å². The van der Waals surface area contributed by atoms with Crippen LogP contribution in [0.2, 0.25) is 0 Å². The van der Waals surface area contributed by atoms with Crippen LogP contribution in [-0.2, 0) is 6.42 Å². The highest BCUT2D eigenvalue weighted by atomic mass is 14.2. The molecule has 0 amide bonds. The SMILES string of the molecule is [CH]=C(CCCC)c1cccc2c1Cc1ccccc1-2. The maximum atomic E-state index is 6.31. The minimum absolute atomic E-state index is 1.00. The van der Waals surface area contributed by atoms with Gasteiger partial charge in [0.1, 0.15) is 0 Å². The zero-order valence-electron chi connectivity index (χ0n) is 11.4. The van der Waals surface area contributed by atoms with Crippen molar-refractivity contribution in [2.24, 2.45) is 0 Å². The van der Waals surface area contributed by atoms with Crippen LogP contribution in [0.25, 0.3) is 16.7 Å². The fourth-order valence-electron chi connectivity index (χ4n) is 2.96. The summed E-state index contributed by atoms with van der Waals surface area (Å²) in [4.78, 5) is 0. The van der Waals surface area contributed by atoms with Gasteiger partial charge >= 0.3 is 0 Å². The molecule has 0 aliphatic heterocycles. The number of hydrogen-bond acceptors (Lipinski definition) is 0. The lowest BCUT2D eigenvalue weighted by Gasteiger charge is -2.11. The number of allylic oxidation sites excluding steroid dienone is 1. The first-order chi connectivity index (χ1) is 9.31. The van der Waals surface area contributed by atoms with Crippen LogP contribution in [-0.4, -0.2) is 0 Å². The van der Waals surface area contributed by atoms with E-state index < -0.39 is 0 Å². The van der Waals surface area contributed by atoms with Gasteiger partial charge in [-0.1, -0.05) is 62.4 Å². The molecule has 0 fully saturated rings. The van der Waals surface area contributed by atoms with E-state index in [1.54, 1.807) is 0 Å². The Hall–Kier alpha value is -1.82. The highest BCUT2D eigenvalue weighted by Gasteiger charge is 2.20. The highest BCUT2D eigenvalue weighted by molar-refractivity contribution is 5.82. The molecule has 95 valence electrons. The summed E-state index contributed by atoms with van der Waals surface area (Å²) in [5.74, 6) is 0. The quantitative estimate of drug-likeness (QED) is 0.589. The van der Waals surface area contributed by atoms with E-state index in [1.807, 2.05) is 0 Å². The van der Waals surface area contributed by atoms with Gasteiger partial charge in [-0.05, 0) is 52.7 Å². The zero-order chi connectivity index (χ0) is 13.2. The molecule has 0 aromatic heterocycles. The Morgan fingerprint density at radius 1 is 1.05 bits per heavy atom. The number of benzene rings is 2. The van der Waals surface area contributed by atoms with Crippen LogP contribution in [0.5, 0.6) is 0 Å². The van der Waals surface area contributed by atoms with Crippen molar-refractivity contribution in [1.82, 2.24) is 0 Å². The van der Waals surface area contributed by atoms with Gasteiger partial charge in [0.05, 0.1) is 0 Å². The predicted octanol–water partition coefficient (Wildman–Crippen LogP) is 5.26. The summed E-state index contributed by atoms with van der Waals surface area (Å²) in [6.45, 7) is 8.51. The molecule has 0 saturated heterocycles. The topological polar surface area (TPSA) is 0 Å². The predicted molar refractivity (Wildman–Crippen MR) is 81.9 cm³/mol. The lowest BCUT2D eigenvalue weighted by Crippen LogP contribution is -1.92. The first-order valence-electron chi connectivity index (χ1n) is 7.13. The van der Waals surface area contributed by atoms with E-state index in [1.165, 1.54) is 40.7 Å². The van der Waals surface area contributed by atoms with Crippen LogP contribution in [0.1, 0.15) is 42.9 Å². The van der Waals surface area contributed by atoms with Gasteiger partial charge in [-0.3, -0.25) is 0 Å². The summed E-state index contributed by atoms with van der Waals surface area (Å²) < 4.78 is 0. The second-order valence-electron chi connectivity index (χ2n) is 5.29. The molecule has 2 aromatic rings. The molecule has 19 heavy (non-hydrogen) atoms. The third-order valence-corrected chi connectivity index (χ3v) is 4.00. The second kappa shape index (κ2) is 5.05. The van der Waals surface area contributed by atoms with E-state index in [4.69, 9.17) is 6.58 Å². The lowest BCUT2D eigenvalue weighted by molar-refractivity contribution is 0.824. The Morgan fingerprint density at radius 3 is 2.68 bits per heavy atom. The maximum absolute atomic E-state index is 6.31. The fourth-order valence-corrected chi connectivity index (χ4v) is 2.96. The second-order valence-corrected chi connectivity index (χ2v) is 5.29. The lowest BCUT2D eigenvalue weighted by atomic mass is 9.94. The average Bonchev–Trinajstić information content (AvgIpc) is 2.83. The van der Waals surface area contributed by atoms with Crippen molar-refractivity contribution >= 4 is 5.57 Å². The summed E-state index contributed by atoms with van der Waals surface area (Å²) in [5, 5.41) is 0. The van der Waals surface area contributed by atoms with Gasteiger partial charge in [0.15, 0.2) is 0 Å². The van der Waals surface area contributed by atoms with Crippen LogP contribution in [0.4, 0.5) is 0 Å². The fraction of sp³-hybridized carbons (Fsp3) is 0.263. The third-order valence-electron chi connectivity index (χ3n) is 4.00. The van der Waals surface area contributed by atoms with Crippen LogP contribution in [0.3, 0.4) is 0 Å². The van der Waals surface area contributed by atoms with Crippen LogP contribution in [0.15, 0.2) is 42.5 Å². The molecule has 0 unspecified atom stereocenters. The van der Waals surface area contributed by atoms with E-state index in [0.717, 1.165) is 18.4 Å². The zero-order valence-corrected chi connectivity index (χ0v) is 11.4. The summed E-state index contributed by atoms with van der Waals surface area (Å²) >= 11 is 0. The number of unbranched alkanes of at least 4 members (excludes halogenated alkanes) is 1. The Morgan fingerprint density at radius 2 is 1.84 bits per heavy atom. The highest BCUT2D eigenvalue weighted by Crippen LogP contribution is 2.40. The Bertz CT molecular complexity index is 620. The Kier molecular flexibility index (Phi) is 3.25. The van der Waals surface area contributed by atoms with Crippen molar-refractivity contribution in [3.63, 3.8) is 0 Å². The van der Waals surface area contributed by atoms with Gasteiger partial charge in [0, 0.05) is 0 Å². The Labute approximate surface area is 115 Å². The van der Waals surface area contributed by atoms with E-state index in [-0.39, 0.29) is 0 Å². The average molecular weight is 247 g/mol. The molecule has 0 saturated carbocycles. The maximum Gasteiger partial charge on any atom is -0.000740 e. The molecule has 1 aliphatic carbocycles. The summed E-state index contributed by atoms with van der Waals surface area (Å²) in [6, 6.07) is 15.2. The van der Waals surface area contributed by atoms with Crippen LogP contribution in [0, 0.1) is 6.58 Å². The number of fused-ring (bicyclic) bond motifs is 3. The first kappa shape index (κ1) is 12.2. The van der Waals surface area contributed by atoms with Crippen molar-refractivity contribution in [3.8, 4) is 11.1 Å². The molecular weight excluding hydrogens is 228 g/mol. The molecule has 2 aromatic carbocycles. The molecule has 0 nitrogen and oxygen atoms in total. The van der Waals surface area contributed by atoms with Crippen molar-refractivity contribution in [2.75, 3.05) is 0 Å². The standard InChI is InChI=1S/C19H19/c1-3-4-8-14(2)16-11-7-12-18-17-10-6-5-9-15(17)13-19(16)18/h2,5-7,9-12H,3-4,8,13H2,1H3. The summed E-state index contributed by atoms with van der Waals surface area (Å²) in [5.41, 5.74) is 7.90. The minimum Gasteiger partial charge on any atom is -0.0654 e. The van der Waals surface area contributed by atoms with Gasteiger partial charge in [0.25, 0.3) is 0 Å². The molecule has 1 radical (unpaired) electrons. The number of hydrogen-bond donors (Lipinski definition) is 0. The normalized spacial score (nSPS) is 12.1. The van der Waals surface area contributed by atoms with E-state index >= 15 is 0 Å². The van der Waals surface area contributed by atoms with E-state index in [2.05, 4.69) is 49.4 Å². The molecule has 1 aliphatic rings. The van der Waals surface area contributed by atoms with Gasteiger partial charge in [-0.25, -0.2) is 0 Å². The monoisotopic (exact) mass is 247 g/mol. The van der Waals surface area contributed by atoms with Gasteiger partial charge in [-0.15, -0.1) is 0 Å². The van der Waals surface area contributed by atoms with Crippen molar-refractivity contribution in [2.45, 2.75) is 32.6 Å². The first-order valence-corrected chi connectivity index (χ1v) is 7.13. The summed E-state index contributed by atoms with van der Waals surface area (Å²) in [7, 11) is 0. The molecule has 0 bridgehead atoms. The molecule has 3 rings (SSSR count). The third kappa shape index (κ3) is 2.12. The van der Waals surface area contributed by atoms with Gasteiger partial charge in [0.2, 0.25) is 0 Å². The largest absolute Gasteiger partial charge is 0.0654 e. The van der Waals surface area contributed by atoms with Crippen molar-refractivity contribution in [1.29, 1.82) is 0 Å². The molecule has 0 heterocycles. The molecule has 0 spiro atoms. The number of rotatable bonds is 4. The van der Waals surface area contributed by atoms with Crippen molar-refractivity contribution < 1.29 is 0 Å². The van der Waals surface area contributed by atoms with Crippen LogP contribution < -0.4 is 0 Å². The molecular formula is C19H19. The summed E-state index contributed by atoms with van der Waals surface area (Å²) in [6.07, 6.45) is 4.39. The van der Waals surface area contributed by atoms with Gasteiger partial charge < -0.3 is 0 Å². The molecule has 0 heteroatoms. The molecule has 0 N–H and O–H groups in total. The van der Waals surface area contributed by atoms with E-state index in [9.17, 15) is 0 Å². The smallest absolute Gasteiger partial charge is 0.000740 e. The van der Waals surface area contributed by atoms with Gasteiger partial charge in [-0.2, -0.15) is 0 Å². The van der Waals surface area contributed by atoms with Crippen molar-refractivity contribution in [3.05, 3.63) is 65.7 Å². The minimum atomic E-state index is 1.00.